The maximum absolute atomic E-state index is 14.3. The van der Waals surface area contributed by atoms with Crippen LogP contribution < -0.4 is 10.5 Å². The van der Waals surface area contributed by atoms with Gasteiger partial charge >= 0.3 is 0 Å². The van der Waals surface area contributed by atoms with Gasteiger partial charge < -0.3 is 25.5 Å². The Kier molecular flexibility index (Phi) is 7.52. The van der Waals surface area contributed by atoms with Crippen molar-refractivity contribution in [1.29, 1.82) is 0 Å². The smallest absolute Gasteiger partial charge is 0.220 e. The van der Waals surface area contributed by atoms with Crippen molar-refractivity contribution in [3.8, 4) is 17.1 Å². The van der Waals surface area contributed by atoms with Gasteiger partial charge in [-0.3, -0.25) is 0 Å². The van der Waals surface area contributed by atoms with E-state index in [2.05, 4.69) is 20.1 Å². The Bertz CT molecular complexity index is 1230. The van der Waals surface area contributed by atoms with Crippen molar-refractivity contribution in [2.75, 3.05) is 32.7 Å². The molecule has 1 atom stereocenters. The number of aromatic nitrogens is 3. The fourth-order valence-corrected chi connectivity index (χ4v) is 4.29. The summed E-state index contributed by atoms with van der Waals surface area (Å²) in [4.78, 5) is 18.7. The van der Waals surface area contributed by atoms with Gasteiger partial charge in [0.15, 0.2) is 0 Å². The molecule has 0 saturated carbocycles. The van der Waals surface area contributed by atoms with Crippen molar-refractivity contribution in [3.63, 3.8) is 0 Å². The molecule has 1 aromatic carbocycles. The van der Waals surface area contributed by atoms with Crippen LogP contribution in [-0.2, 0) is 11.3 Å². The molecule has 0 bridgehead atoms. The molecule has 184 valence electrons. The van der Waals surface area contributed by atoms with Gasteiger partial charge in [-0.2, -0.15) is 0 Å². The first-order chi connectivity index (χ1) is 16.9. The number of ether oxygens (including phenoxy) is 1. The van der Waals surface area contributed by atoms with Gasteiger partial charge in [0.05, 0.1) is 43.1 Å². The summed E-state index contributed by atoms with van der Waals surface area (Å²) in [5.41, 5.74) is 10.9. The summed E-state index contributed by atoms with van der Waals surface area (Å²) in [7, 11) is 1.53. The summed E-state index contributed by atoms with van der Waals surface area (Å²) in [6.07, 6.45) is 1.02. The molecule has 0 radical (unpaired) electrons. The predicted molar refractivity (Wildman–Crippen MR) is 129 cm³/mol. The Morgan fingerprint density at radius 3 is 2.69 bits per heavy atom. The van der Waals surface area contributed by atoms with E-state index in [9.17, 15) is 14.6 Å². The minimum Gasteiger partial charge on any atom is -0.481 e. The van der Waals surface area contributed by atoms with Crippen molar-refractivity contribution < 1.29 is 24.2 Å². The van der Waals surface area contributed by atoms with Crippen LogP contribution >= 0.6 is 0 Å². The van der Waals surface area contributed by atoms with Crippen LogP contribution in [0.1, 0.15) is 34.9 Å². The number of anilines is 1. The van der Waals surface area contributed by atoms with E-state index in [1.165, 1.54) is 19.2 Å². The Hall–Kier alpha value is -3.63. The van der Waals surface area contributed by atoms with Gasteiger partial charge in [0, 0.05) is 29.5 Å². The van der Waals surface area contributed by atoms with Crippen molar-refractivity contribution in [2.24, 2.45) is 11.1 Å². The molecular formula is C25H28FN5O4. The molecule has 4 rings (SSSR count). The fourth-order valence-electron chi connectivity index (χ4n) is 4.29. The van der Waals surface area contributed by atoms with Crippen LogP contribution in [0.3, 0.4) is 0 Å². The third kappa shape index (κ3) is 5.39. The van der Waals surface area contributed by atoms with E-state index in [1.54, 1.807) is 12.1 Å². The van der Waals surface area contributed by atoms with Crippen LogP contribution in [0.25, 0.3) is 11.3 Å². The third-order valence-electron chi connectivity index (χ3n) is 6.02. The second kappa shape index (κ2) is 10.7. The highest BCUT2D eigenvalue weighted by Crippen LogP contribution is 2.38. The zero-order valence-electron chi connectivity index (χ0n) is 19.6. The fraction of sp³-hybridized carbons (Fsp3) is 0.360. The minimum atomic E-state index is -0.440. The van der Waals surface area contributed by atoms with Crippen LogP contribution in [0.15, 0.2) is 41.6 Å². The largest absolute Gasteiger partial charge is 0.481 e. The number of fused-ring (bicyclic) bond motifs is 1. The number of aliphatic hydroxyl groups is 2. The lowest BCUT2D eigenvalue weighted by molar-refractivity contribution is 0.0481. The number of aliphatic hydroxyl groups excluding tert-OH is 2. The number of methoxy groups -OCH3 is 1. The molecule has 1 aliphatic carbocycles. The Labute approximate surface area is 202 Å². The molecule has 10 heteroatoms. The van der Waals surface area contributed by atoms with E-state index in [0.717, 1.165) is 16.8 Å². The highest BCUT2D eigenvalue weighted by atomic mass is 19.1. The number of nitrogen functional groups attached to an aromatic ring is 1. The number of oxime groups is 1. The van der Waals surface area contributed by atoms with Crippen LogP contribution in [0, 0.1) is 18.7 Å². The van der Waals surface area contributed by atoms with E-state index in [1.807, 2.05) is 19.1 Å². The first kappa shape index (κ1) is 24.5. The number of aryl methyl sites for hydroxylation is 1. The van der Waals surface area contributed by atoms with Crippen LogP contribution in [-0.4, -0.2) is 57.8 Å². The molecule has 2 heterocycles. The summed E-state index contributed by atoms with van der Waals surface area (Å²) in [5, 5.41) is 23.0. The molecule has 2 aromatic heterocycles. The van der Waals surface area contributed by atoms with Crippen LogP contribution in [0.4, 0.5) is 10.3 Å². The van der Waals surface area contributed by atoms with Crippen molar-refractivity contribution >= 4 is 11.7 Å². The lowest BCUT2D eigenvalue weighted by atomic mass is 9.79. The molecule has 3 aromatic rings. The van der Waals surface area contributed by atoms with Gasteiger partial charge in [0.1, 0.15) is 12.4 Å². The number of halogens is 1. The number of benzene rings is 1. The molecule has 1 aliphatic rings. The monoisotopic (exact) mass is 481 g/mol. The second-order valence-corrected chi connectivity index (χ2v) is 8.46. The molecule has 0 spiro atoms. The molecule has 0 aliphatic heterocycles. The van der Waals surface area contributed by atoms with Crippen molar-refractivity contribution in [2.45, 2.75) is 25.7 Å². The van der Waals surface area contributed by atoms with E-state index in [4.69, 9.17) is 15.3 Å². The highest BCUT2D eigenvalue weighted by Gasteiger charge is 2.31. The summed E-state index contributed by atoms with van der Waals surface area (Å²) in [6, 6.07) is 9.99. The van der Waals surface area contributed by atoms with Crippen LogP contribution in [0.2, 0.25) is 0 Å². The highest BCUT2D eigenvalue weighted by molar-refractivity contribution is 6.03. The standard InChI is InChI=1S/C25H28FN5O4/c1-14-24-21(30-25(27)28-14)8-16(9-22(24)31-35-13-15(11-32)12-33)18-7-6-17(26)10-19(18)20-4-3-5-23(29-20)34-2/h3-7,10,15-16,32-33H,8-9,11-13H2,1-2H3,(H2,27,28,30)/t16-/m0/s1. The number of nitrogens with two attached hydrogens (primary N) is 1. The number of pyridine rings is 1. The number of hydrogen-bond acceptors (Lipinski definition) is 9. The Morgan fingerprint density at radius 2 is 1.94 bits per heavy atom. The maximum Gasteiger partial charge on any atom is 0.220 e. The third-order valence-corrected chi connectivity index (χ3v) is 6.02. The van der Waals surface area contributed by atoms with E-state index < -0.39 is 5.92 Å². The second-order valence-electron chi connectivity index (χ2n) is 8.46. The van der Waals surface area contributed by atoms with Gasteiger partial charge in [-0.1, -0.05) is 17.3 Å². The summed E-state index contributed by atoms with van der Waals surface area (Å²) < 4.78 is 19.6. The molecule has 0 unspecified atom stereocenters. The molecule has 9 nitrogen and oxygen atoms in total. The average Bonchev–Trinajstić information content (AvgIpc) is 2.86. The summed E-state index contributed by atoms with van der Waals surface area (Å²) in [5.74, 6) is -0.334. The zero-order valence-corrected chi connectivity index (χ0v) is 19.6. The van der Waals surface area contributed by atoms with Gasteiger partial charge in [0.2, 0.25) is 11.8 Å². The van der Waals surface area contributed by atoms with Gasteiger partial charge in [-0.25, -0.2) is 19.3 Å². The van der Waals surface area contributed by atoms with E-state index >= 15 is 0 Å². The average molecular weight is 482 g/mol. The van der Waals surface area contributed by atoms with Gasteiger partial charge in [-0.05, 0) is 43.0 Å². The molecule has 0 amide bonds. The minimum absolute atomic E-state index is 0.0565. The zero-order chi connectivity index (χ0) is 24.9. The molecular weight excluding hydrogens is 453 g/mol. The summed E-state index contributed by atoms with van der Waals surface area (Å²) >= 11 is 0. The topological polar surface area (TPSA) is 136 Å². The number of nitrogens with zero attached hydrogens (tertiary/aromatic N) is 4. The van der Waals surface area contributed by atoms with Crippen molar-refractivity contribution in [3.05, 3.63) is 64.7 Å². The van der Waals surface area contributed by atoms with E-state index in [0.29, 0.717) is 41.4 Å². The van der Waals surface area contributed by atoms with Gasteiger partial charge in [-0.15, -0.1) is 0 Å². The molecule has 4 N–H and O–H groups in total. The SMILES string of the molecule is COc1cccc(-c2cc(F)ccc2[C@@H]2CC(=NOCC(CO)CO)c3c(C)nc(N)nc3C2)n1. The first-order valence-corrected chi connectivity index (χ1v) is 11.3. The first-order valence-electron chi connectivity index (χ1n) is 11.3. The Balaban J connectivity index is 1.76. The van der Waals surface area contributed by atoms with E-state index in [-0.39, 0.29) is 37.5 Å². The molecule has 0 fully saturated rings. The quantitative estimate of drug-likeness (QED) is 0.418. The number of rotatable bonds is 8. The van der Waals surface area contributed by atoms with Gasteiger partial charge in [0.25, 0.3) is 0 Å². The summed E-state index contributed by atoms with van der Waals surface area (Å²) in [6.45, 7) is 1.46. The predicted octanol–water partition coefficient (Wildman–Crippen LogP) is 2.63. The molecule has 0 saturated heterocycles. The maximum atomic E-state index is 14.3. The lowest BCUT2D eigenvalue weighted by Crippen LogP contribution is -2.25. The number of hydrogen-bond donors (Lipinski definition) is 3. The normalized spacial score (nSPS) is 16.4. The molecule has 35 heavy (non-hydrogen) atoms. The van der Waals surface area contributed by atoms with Crippen LogP contribution in [0.5, 0.6) is 5.88 Å². The van der Waals surface area contributed by atoms with Crippen molar-refractivity contribution in [1.82, 2.24) is 15.0 Å². The lowest BCUT2D eigenvalue weighted by Gasteiger charge is -2.28. The Morgan fingerprint density at radius 1 is 1.14 bits per heavy atom.